The van der Waals surface area contributed by atoms with E-state index in [1.165, 1.54) is 29.2 Å². The molecule has 0 aliphatic heterocycles. The Morgan fingerprint density at radius 1 is 1.25 bits per heavy atom. The summed E-state index contributed by atoms with van der Waals surface area (Å²) in [6.45, 7) is 3.69. The van der Waals surface area contributed by atoms with Gasteiger partial charge in [0, 0.05) is 23.4 Å². The number of hydrogen-bond donors (Lipinski definition) is 1. The first kappa shape index (κ1) is 18.4. The van der Waals surface area contributed by atoms with E-state index in [-0.39, 0.29) is 11.5 Å². The minimum absolute atomic E-state index is 0.230. The molecule has 0 saturated carbocycles. The van der Waals surface area contributed by atoms with Crippen LogP contribution in [0.15, 0.2) is 50.1 Å². The molecule has 1 amide bonds. The van der Waals surface area contributed by atoms with Gasteiger partial charge < -0.3 is 4.52 Å². The van der Waals surface area contributed by atoms with Gasteiger partial charge >= 0.3 is 0 Å². The monoisotopic (exact) mass is 413 g/mol. The number of thioether (sulfide) groups is 1. The summed E-state index contributed by atoms with van der Waals surface area (Å²) >= 11 is 2.67. The first-order valence-corrected chi connectivity index (χ1v) is 10.1. The van der Waals surface area contributed by atoms with Gasteiger partial charge in [-0.25, -0.2) is 4.98 Å². The first-order valence-electron chi connectivity index (χ1n) is 8.32. The second-order valence-electron chi connectivity index (χ2n) is 6.07. The van der Waals surface area contributed by atoms with Crippen molar-refractivity contribution in [2.75, 3.05) is 5.32 Å². The molecule has 3 aromatic heterocycles. The number of anilines is 1. The number of benzene rings is 1. The quantitative estimate of drug-likeness (QED) is 0.395. The van der Waals surface area contributed by atoms with Gasteiger partial charge in [-0.05, 0) is 26.0 Å². The molecule has 0 aliphatic rings. The number of amides is 1. The second-order valence-corrected chi connectivity index (χ2v) is 8.27. The van der Waals surface area contributed by atoms with E-state index >= 15 is 0 Å². The summed E-state index contributed by atoms with van der Waals surface area (Å²) in [6.07, 6.45) is 0. The Hall–Kier alpha value is -2.98. The highest BCUT2D eigenvalue weighted by molar-refractivity contribution is 8.00. The number of nitrogens with one attached hydrogen (secondary N) is 1. The molecule has 28 heavy (non-hydrogen) atoms. The van der Waals surface area contributed by atoms with Gasteiger partial charge in [-0.3, -0.25) is 14.9 Å². The summed E-state index contributed by atoms with van der Waals surface area (Å²) in [5.74, 6) is 0.843. The van der Waals surface area contributed by atoms with E-state index in [2.05, 4.69) is 20.5 Å². The lowest BCUT2D eigenvalue weighted by Crippen LogP contribution is -2.12. The Morgan fingerprint density at radius 3 is 2.93 bits per heavy atom. The molecule has 0 saturated heterocycles. The van der Waals surface area contributed by atoms with Crippen LogP contribution in [0.3, 0.4) is 0 Å². The zero-order valence-corrected chi connectivity index (χ0v) is 16.6. The largest absolute Gasteiger partial charge is 0.375 e. The number of rotatable bonds is 5. The highest BCUT2D eigenvalue weighted by Gasteiger charge is 2.12. The Kier molecular flexibility index (Phi) is 4.97. The van der Waals surface area contributed by atoms with Gasteiger partial charge in [-0.1, -0.05) is 40.8 Å². The smallest absolute Gasteiger partial charge is 0.287 e. The fraction of sp³-hybridized carbons (Fsp3) is 0.167. The van der Waals surface area contributed by atoms with Crippen molar-refractivity contribution in [2.24, 2.45) is 0 Å². The predicted octanol–water partition coefficient (Wildman–Crippen LogP) is 3.30. The minimum Gasteiger partial charge on any atom is -0.375 e. The standard InChI is InChI=1S/C18H15N5O3S2/c1-10-4-3-5-12(6-10)16(25)20-17-21-22-18(28-17)27-9-13-8-15(24)23-14(19-13)7-11(2)26-23/h3-8H,9H2,1-2H3,(H,20,21,25). The summed E-state index contributed by atoms with van der Waals surface area (Å²) in [6, 6.07) is 10.5. The summed E-state index contributed by atoms with van der Waals surface area (Å²) in [7, 11) is 0. The number of nitrogens with zero attached hydrogens (tertiary/aromatic N) is 4. The fourth-order valence-electron chi connectivity index (χ4n) is 2.56. The van der Waals surface area contributed by atoms with Gasteiger partial charge in [0.1, 0.15) is 5.76 Å². The maximum atomic E-state index is 12.3. The number of hydrogen-bond acceptors (Lipinski definition) is 8. The molecule has 3 heterocycles. The van der Waals surface area contributed by atoms with Gasteiger partial charge in [0.05, 0.1) is 5.69 Å². The van der Waals surface area contributed by atoms with E-state index in [1.54, 1.807) is 19.1 Å². The van der Waals surface area contributed by atoms with Crippen molar-refractivity contribution in [1.82, 2.24) is 19.8 Å². The molecular weight excluding hydrogens is 398 g/mol. The molecule has 0 atom stereocenters. The first-order chi connectivity index (χ1) is 13.5. The van der Waals surface area contributed by atoms with E-state index in [1.807, 2.05) is 25.1 Å². The van der Waals surface area contributed by atoms with Crippen molar-refractivity contribution in [3.05, 3.63) is 69.3 Å². The Balaban J connectivity index is 1.42. The van der Waals surface area contributed by atoms with E-state index in [4.69, 9.17) is 4.52 Å². The van der Waals surface area contributed by atoms with Crippen LogP contribution in [0.1, 0.15) is 27.4 Å². The molecule has 1 aromatic carbocycles. The number of aryl methyl sites for hydroxylation is 2. The van der Waals surface area contributed by atoms with Gasteiger partial charge in [-0.2, -0.15) is 0 Å². The van der Waals surface area contributed by atoms with Crippen molar-refractivity contribution in [3.63, 3.8) is 0 Å². The third kappa shape index (κ3) is 3.97. The summed E-state index contributed by atoms with van der Waals surface area (Å²) in [5.41, 5.74) is 2.41. The molecule has 0 aliphatic carbocycles. The Labute approximate surface area is 167 Å². The molecule has 0 bridgehead atoms. The van der Waals surface area contributed by atoms with Crippen molar-refractivity contribution in [2.45, 2.75) is 23.9 Å². The predicted molar refractivity (Wildman–Crippen MR) is 107 cm³/mol. The van der Waals surface area contributed by atoms with E-state index in [0.717, 1.165) is 10.1 Å². The SMILES string of the molecule is Cc1cccc(C(=O)Nc2nnc(SCc3cc(=O)n4oc(C)cc4n3)s2)c1. The maximum absolute atomic E-state index is 12.3. The van der Waals surface area contributed by atoms with Crippen molar-refractivity contribution < 1.29 is 9.32 Å². The molecule has 8 nitrogen and oxygen atoms in total. The number of carbonyl (C=O) groups is 1. The Bertz CT molecular complexity index is 1230. The number of carbonyl (C=O) groups excluding carboxylic acids is 1. The van der Waals surface area contributed by atoms with Gasteiger partial charge in [0.15, 0.2) is 9.99 Å². The molecule has 1 N–H and O–H groups in total. The second kappa shape index (κ2) is 7.56. The van der Waals surface area contributed by atoms with Gasteiger partial charge in [0.25, 0.3) is 11.5 Å². The lowest BCUT2D eigenvalue weighted by Gasteiger charge is -2.01. The average Bonchev–Trinajstić information content (AvgIpc) is 3.26. The zero-order valence-electron chi connectivity index (χ0n) is 15.0. The molecule has 142 valence electrons. The van der Waals surface area contributed by atoms with Crippen LogP contribution >= 0.6 is 23.1 Å². The molecule has 0 fully saturated rings. The Morgan fingerprint density at radius 2 is 2.11 bits per heavy atom. The molecular formula is C18H15N5O3S2. The van der Waals surface area contributed by atoms with E-state index < -0.39 is 0 Å². The van der Waals surface area contributed by atoms with Crippen LogP contribution in [0.25, 0.3) is 5.65 Å². The molecule has 0 unspecified atom stereocenters. The molecule has 4 rings (SSSR count). The summed E-state index contributed by atoms with van der Waals surface area (Å²) in [4.78, 5) is 28.7. The third-order valence-corrected chi connectivity index (χ3v) is 5.78. The van der Waals surface area contributed by atoms with Crippen LogP contribution in [0.2, 0.25) is 0 Å². The zero-order chi connectivity index (χ0) is 19.7. The average molecular weight is 413 g/mol. The van der Waals surface area contributed by atoms with Crippen LogP contribution in [-0.4, -0.2) is 25.7 Å². The van der Waals surface area contributed by atoms with Crippen LogP contribution in [0.5, 0.6) is 0 Å². The van der Waals surface area contributed by atoms with Gasteiger partial charge in [0.2, 0.25) is 5.13 Å². The minimum atomic E-state index is -0.267. The summed E-state index contributed by atoms with van der Waals surface area (Å²) < 4.78 is 7.11. The van der Waals surface area contributed by atoms with Crippen LogP contribution in [-0.2, 0) is 5.75 Å². The lowest BCUT2D eigenvalue weighted by atomic mass is 10.1. The van der Waals surface area contributed by atoms with Crippen molar-refractivity contribution in [1.29, 1.82) is 0 Å². The number of aromatic nitrogens is 4. The van der Waals surface area contributed by atoms with Gasteiger partial charge in [-0.15, -0.1) is 14.8 Å². The van der Waals surface area contributed by atoms with Crippen molar-refractivity contribution >= 4 is 39.8 Å². The summed E-state index contributed by atoms with van der Waals surface area (Å²) in [5, 5.41) is 11.2. The fourth-order valence-corrected chi connectivity index (χ4v) is 4.20. The highest BCUT2D eigenvalue weighted by atomic mass is 32.2. The van der Waals surface area contributed by atoms with E-state index in [9.17, 15) is 9.59 Å². The molecule has 0 radical (unpaired) electrons. The highest BCUT2D eigenvalue weighted by Crippen LogP contribution is 2.28. The lowest BCUT2D eigenvalue weighted by molar-refractivity contribution is 0.102. The normalized spacial score (nSPS) is 11.1. The van der Waals surface area contributed by atoms with Crippen molar-refractivity contribution in [3.8, 4) is 0 Å². The maximum Gasteiger partial charge on any atom is 0.287 e. The van der Waals surface area contributed by atoms with Crippen LogP contribution < -0.4 is 10.9 Å². The molecule has 4 aromatic rings. The van der Waals surface area contributed by atoms with E-state index in [0.29, 0.717) is 37.9 Å². The molecule has 10 heteroatoms. The topological polar surface area (TPSA) is 102 Å². The third-order valence-electron chi connectivity index (χ3n) is 3.77. The van der Waals surface area contributed by atoms with Crippen LogP contribution in [0.4, 0.5) is 5.13 Å². The molecule has 0 spiro atoms. The number of fused-ring (bicyclic) bond motifs is 1. The van der Waals surface area contributed by atoms with Crippen LogP contribution in [0, 0.1) is 13.8 Å².